The van der Waals surface area contributed by atoms with E-state index < -0.39 is 15.6 Å². The average Bonchev–Trinajstić information content (AvgIpc) is 1.62. The highest BCUT2D eigenvalue weighted by molar-refractivity contribution is 7.86. The summed E-state index contributed by atoms with van der Waals surface area (Å²) in [6.07, 6.45) is 0. The minimum atomic E-state index is -4.38. The number of nitrogens with zero attached hydrogens (tertiary/aromatic N) is 1. The van der Waals surface area contributed by atoms with Crippen molar-refractivity contribution in [1.82, 2.24) is 4.90 Å². The Morgan fingerprint density at radius 3 is 1.78 bits per heavy atom. The second-order valence-corrected chi connectivity index (χ2v) is 3.67. The van der Waals surface area contributed by atoms with Crippen molar-refractivity contribution < 1.29 is 12.3 Å². The fraction of sp³-hybridized carbons (Fsp3) is 1.00. The fourth-order valence-corrected chi connectivity index (χ4v) is 0.755. The summed E-state index contributed by atoms with van der Waals surface area (Å²) in [5.41, 5.74) is 0. The molecule has 56 valence electrons. The Morgan fingerprint density at radius 2 is 1.78 bits per heavy atom. The lowest BCUT2D eigenvalue weighted by Gasteiger charge is -2.13. The SMILES string of the molecule is CC(N(C)C)S(=O)(=O)F. The van der Waals surface area contributed by atoms with Gasteiger partial charge in [-0.3, -0.25) is 4.90 Å². The Bertz CT molecular complexity index is 175. The van der Waals surface area contributed by atoms with Crippen LogP contribution in [0.1, 0.15) is 6.92 Å². The first-order valence-corrected chi connectivity index (χ1v) is 3.90. The maximum absolute atomic E-state index is 12.0. The summed E-state index contributed by atoms with van der Waals surface area (Å²) in [5, 5.41) is -1.04. The first-order valence-electron chi connectivity index (χ1n) is 2.45. The van der Waals surface area contributed by atoms with Crippen molar-refractivity contribution in [1.29, 1.82) is 0 Å². The van der Waals surface area contributed by atoms with E-state index in [1.54, 1.807) is 0 Å². The molecule has 1 atom stereocenters. The third-order valence-electron chi connectivity index (χ3n) is 1.13. The van der Waals surface area contributed by atoms with Crippen LogP contribution < -0.4 is 0 Å². The van der Waals surface area contributed by atoms with Gasteiger partial charge in [0.25, 0.3) is 0 Å². The molecule has 0 N–H and O–H groups in total. The highest BCUT2D eigenvalue weighted by atomic mass is 32.3. The largest absolute Gasteiger partial charge is 0.318 e. The average molecular weight is 155 g/mol. The molecule has 0 saturated heterocycles. The van der Waals surface area contributed by atoms with Crippen LogP contribution in [0.3, 0.4) is 0 Å². The second-order valence-electron chi connectivity index (χ2n) is 2.04. The van der Waals surface area contributed by atoms with Crippen molar-refractivity contribution >= 4 is 10.2 Å². The molecule has 0 radical (unpaired) electrons. The van der Waals surface area contributed by atoms with E-state index in [2.05, 4.69) is 0 Å². The van der Waals surface area contributed by atoms with E-state index in [1.807, 2.05) is 0 Å². The minimum absolute atomic E-state index is 1.04. The van der Waals surface area contributed by atoms with Crippen LogP contribution in [0.5, 0.6) is 0 Å². The van der Waals surface area contributed by atoms with Crippen molar-refractivity contribution in [2.24, 2.45) is 0 Å². The van der Waals surface area contributed by atoms with Crippen LogP contribution in [0, 0.1) is 0 Å². The Hall–Kier alpha value is -0.160. The van der Waals surface area contributed by atoms with Crippen LogP contribution in [-0.4, -0.2) is 32.8 Å². The van der Waals surface area contributed by atoms with E-state index in [0.29, 0.717) is 0 Å². The molecule has 0 rings (SSSR count). The zero-order valence-corrected chi connectivity index (χ0v) is 6.44. The molecule has 0 aliphatic rings. The molecule has 3 nitrogen and oxygen atoms in total. The Kier molecular flexibility index (Phi) is 2.57. The van der Waals surface area contributed by atoms with Gasteiger partial charge in [0, 0.05) is 0 Å². The number of halogens is 1. The van der Waals surface area contributed by atoms with Crippen molar-refractivity contribution in [2.45, 2.75) is 12.3 Å². The van der Waals surface area contributed by atoms with Gasteiger partial charge >= 0.3 is 10.2 Å². The standard InChI is InChI=1S/C4H10FNO2S/c1-4(6(2)3)9(5,7)8/h4H,1-3H3. The van der Waals surface area contributed by atoms with Gasteiger partial charge in [0.05, 0.1) is 0 Å². The second kappa shape index (κ2) is 2.62. The van der Waals surface area contributed by atoms with Crippen LogP contribution >= 0.6 is 0 Å². The highest BCUT2D eigenvalue weighted by Crippen LogP contribution is 2.03. The van der Waals surface area contributed by atoms with E-state index in [-0.39, 0.29) is 0 Å². The molecule has 0 aromatic rings. The topological polar surface area (TPSA) is 37.4 Å². The maximum atomic E-state index is 12.0. The lowest BCUT2D eigenvalue weighted by molar-refractivity contribution is 0.369. The molecule has 1 unspecified atom stereocenters. The zero-order chi connectivity index (χ0) is 7.65. The van der Waals surface area contributed by atoms with Gasteiger partial charge in [0.2, 0.25) is 0 Å². The predicted octanol–water partition coefficient (Wildman–Crippen LogP) is 0.193. The first-order chi connectivity index (χ1) is 3.85. The first kappa shape index (κ1) is 8.84. The summed E-state index contributed by atoms with van der Waals surface area (Å²) in [6.45, 7) is 1.29. The molecular weight excluding hydrogens is 145 g/mol. The van der Waals surface area contributed by atoms with Gasteiger partial charge < -0.3 is 0 Å². The molecule has 0 spiro atoms. The third-order valence-corrected chi connectivity index (χ3v) is 2.37. The highest BCUT2D eigenvalue weighted by Gasteiger charge is 2.20. The minimum Gasteiger partial charge on any atom is -0.291 e. The fourth-order valence-electron chi connectivity index (χ4n) is 0.252. The molecule has 0 aromatic carbocycles. The van der Waals surface area contributed by atoms with E-state index in [4.69, 9.17) is 0 Å². The van der Waals surface area contributed by atoms with Crippen LogP contribution in [0.25, 0.3) is 0 Å². The summed E-state index contributed by atoms with van der Waals surface area (Å²) in [5.74, 6) is 0. The predicted molar refractivity (Wildman–Crippen MR) is 33.2 cm³/mol. The molecule has 0 aliphatic carbocycles. The summed E-state index contributed by atoms with van der Waals surface area (Å²) in [7, 11) is -1.37. The molecule has 0 heterocycles. The third kappa shape index (κ3) is 2.76. The van der Waals surface area contributed by atoms with Gasteiger partial charge in [-0.05, 0) is 21.0 Å². The van der Waals surface area contributed by atoms with Gasteiger partial charge in [0.15, 0.2) is 0 Å². The lowest BCUT2D eigenvalue weighted by atomic mass is 10.7. The molecule has 9 heavy (non-hydrogen) atoms. The van der Waals surface area contributed by atoms with Gasteiger partial charge in [-0.15, -0.1) is 3.89 Å². The Balaban J connectivity index is 4.24. The summed E-state index contributed by atoms with van der Waals surface area (Å²) < 4.78 is 32.1. The Morgan fingerprint density at radius 1 is 1.44 bits per heavy atom. The molecular formula is C4H10FNO2S. The molecule has 0 aliphatic heterocycles. The lowest BCUT2D eigenvalue weighted by Crippen LogP contribution is -2.30. The number of hydrogen-bond acceptors (Lipinski definition) is 3. The maximum Gasteiger partial charge on any atom is 0.318 e. The van der Waals surface area contributed by atoms with Gasteiger partial charge in [-0.1, -0.05) is 0 Å². The zero-order valence-electron chi connectivity index (χ0n) is 5.63. The van der Waals surface area contributed by atoms with Crippen LogP contribution in [0.2, 0.25) is 0 Å². The van der Waals surface area contributed by atoms with E-state index >= 15 is 0 Å². The van der Waals surface area contributed by atoms with E-state index in [1.165, 1.54) is 25.9 Å². The van der Waals surface area contributed by atoms with E-state index in [0.717, 1.165) is 0 Å². The van der Waals surface area contributed by atoms with Gasteiger partial charge in [-0.2, -0.15) is 8.42 Å². The van der Waals surface area contributed by atoms with Gasteiger partial charge in [-0.25, -0.2) is 0 Å². The molecule has 0 saturated carbocycles. The normalized spacial score (nSPS) is 16.1. The monoisotopic (exact) mass is 155 g/mol. The smallest absolute Gasteiger partial charge is 0.291 e. The van der Waals surface area contributed by atoms with Crippen molar-refractivity contribution in [3.63, 3.8) is 0 Å². The van der Waals surface area contributed by atoms with Crippen molar-refractivity contribution in [3.8, 4) is 0 Å². The molecule has 0 fully saturated rings. The van der Waals surface area contributed by atoms with Crippen LogP contribution in [0.4, 0.5) is 3.89 Å². The van der Waals surface area contributed by atoms with Crippen LogP contribution in [-0.2, 0) is 10.2 Å². The van der Waals surface area contributed by atoms with E-state index in [9.17, 15) is 12.3 Å². The Labute approximate surface area is 54.7 Å². The molecule has 0 bridgehead atoms. The quantitative estimate of drug-likeness (QED) is 0.534. The molecule has 0 aromatic heterocycles. The van der Waals surface area contributed by atoms with Crippen molar-refractivity contribution in [3.05, 3.63) is 0 Å². The number of rotatable bonds is 2. The molecule has 0 amide bonds. The summed E-state index contributed by atoms with van der Waals surface area (Å²) in [4.78, 5) is 1.29. The summed E-state index contributed by atoms with van der Waals surface area (Å²) in [6, 6.07) is 0. The number of hydrogen-bond donors (Lipinski definition) is 0. The van der Waals surface area contributed by atoms with Crippen LogP contribution in [0.15, 0.2) is 0 Å². The molecule has 5 heteroatoms. The summed E-state index contributed by atoms with van der Waals surface area (Å²) >= 11 is 0. The van der Waals surface area contributed by atoms with Gasteiger partial charge in [0.1, 0.15) is 5.37 Å². The van der Waals surface area contributed by atoms with Crippen molar-refractivity contribution in [2.75, 3.05) is 14.1 Å².